The summed E-state index contributed by atoms with van der Waals surface area (Å²) < 4.78 is 39.9. The number of rotatable bonds is 7. The van der Waals surface area contributed by atoms with Gasteiger partial charge in [-0.15, -0.1) is 10.2 Å². The summed E-state index contributed by atoms with van der Waals surface area (Å²) in [7, 11) is 0. The number of alkyl halides is 3. The molecule has 0 radical (unpaired) electrons. The maximum atomic E-state index is 12.9. The molecule has 32 heavy (non-hydrogen) atoms. The van der Waals surface area contributed by atoms with Crippen LogP contribution in [0.4, 0.5) is 24.8 Å². The number of nitrogen functional groups attached to an aromatic ring is 1. The number of hydrazone groups is 1. The van der Waals surface area contributed by atoms with Crippen LogP contribution < -0.4 is 16.6 Å². The molecule has 0 aliphatic heterocycles. The van der Waals surface area contributed by atoms with Crippen molar-refractivity contribution in [1.82, 2.24) is 14.9 Å². The quantitative estimate of drug-likeness (QED) is 0.189. The first kappa shape index (κ1) is 23.7. The van der Waals surface area contributed by atoms with Gasteiger partial charge in [-0.1, -0.05) is 53.2 Å². The van der Waals surface area contributed by atoms with Crippen molar-refractivity contribution in [3.8, 4) is 0 Å². The van der Waals surface area contributed by atoms with E-state index in [1.807, 2.05) is 0 Å². The Morgan fingerprint density at radius 1 is 1.19 bits per heavy atom. The predicted molar refractivity (Wildman–Crippen MR) is 119 cm³/mol. The average molecular weight is 504 g/mol. The monoisotopic (exact) mass is 503 g/mol. The fourth-order valence-electron chi connectivity index (χ4n) is 2.34. The number of nitrogens with two attached hydrogens (primary N) is 1. The number of amides is 1. The van der Waals surface area contributed by atoms with Crippen LogP contribution in [0.3, 0.4) is 0 Å². The zero-order valence-electron chi connectivity index (χ0n) is 15.9. The number of carbonyl (C=O) groups excluding carboxylic acids is 1. The second-order valence-electron chi connectivity index (χ2n) is 6.10. The normalized spacial score (nSPS) is 11.7. The largest absolute Gasteiger partial charge is 0.417 e. The van der Waals surface area contributed by atoms with E-state index in [0.717, 1.165) is 28.6 Å². The van der Waals surface area contributed by atoms with Gasteiger partial charge in [0.05, 0.1) is 22.6 Å². The van der Waals surface area contributed by atoms with E-state index in [2.05, 4.69) is 26.0 Å². The van der Waals surface area contributed by atoms with E-state index >= 15 is 0 Å². The Balaban J connectivity index is 1.57. The molecule has 0 fully saturated rings. The number of hydrogen-bond donors (Lipinski definition) is 3. The van der Waals surface area contributed by atoms with E-state index in [1.54, 1.807) is 24.3 Å². The summed E-state index contributed by atoms with van der Waals surface area (Å²) in [5.74, 6) is 5.23. The van der Waals surface area contributed by atoms with E-state index in [4.69, 9.17) is 29.0 Å². The summed E-state index contributed by atoms with van der Waals surface area (Å²) in [5, 5.41) is 14.2. The van der Waals surface area contributed by atoms with Crippen LogP contribution in [-0.4, -0.2) is 32.7 Å². The van der Waals surface area contributed by atoms with Crippen molar-refractivity contribution in [3.05, 3.63) is 63.6 Å². The SMILES string of the molecule is Nn1c(N/N=C/c2ccccc2Cl)nnc1SCC(=O)Nc1ccc(Cl)c(C(F)(F)F)c1. The highest BCUT2D eigenvalue weighted by Gasteiger charge is 2.33. The summed E-state index contributed by atoms with van der Waals surface area (Å²) in [6.45, 7) is 0. The van der Waals surface area contributed by atoms with Crippen molar-refractivity contribution >= 4 is 58.7 Å². The van der Waals surface area contributed by atoms with Gasteiger partial charge < -0.3 is 11.2 Å². The maximum Gasteiger partial charge on any atom is 0.417 e. The van der Waals surface area contributed by atoms with Gasteiger partial charge in [-0.25, -0.2) is 10.1 Å². The Hall–Kier alpha value is -2.96. The third kappa shape index (κ3) is 6.05. The van der Waals surface area contributed by atoms with Crippen LogP contribution in [0.25, 0.3) is 0 Å². The Morgan fingerprint density at radius 2 is 1.94 bits per heavy atom. The summed E-state index contributed by atoms with van der Waals surface area (Å²) in [6, 6.07) is 10.1. The molecule has 4 N–H and O–H groups in total. The lowest BCUT2D eigenvalue weighted by Crippen LogP contribution is -2.17. The molecule has 1 aromatic heterocycles. The van der Waals surface area contributed by atoms with Gasteiger partial charge in [-0.2, -0.15) is 18.3 Å². The van der Waals surface area contributed by atoms with Crippen molar-refractivity contribution in [1.29, 1.82) is 0 Å². The van der Waals surface area contributed by atoms with Gasteiger partial charge >= 0.3 is 6.18 Å². The third-order valence-electron chi connectivity index (χ3n) is 3.83. The van der Waals surface area contributed by atoms with Crippen LogP contribution in [0, 0.1) is 0 Å². The number of anilines is 2. The molecule has 2 aromatic carbocycles. The maximum absolute atomic E-state index is 12.9. The molecule has 168 valence electrons. The van der Waals surface area contributed by atoms with Crippen LogP contribution in [0.2, 0.25) is 10.0 Å². The molecule has 3 aromatic rings. The summed E-state index contributed by atoms with van der Waals surface area (Å²) in [4.78, 5) is 12.1. The number of thioether (sulfide) groups is 1. The molecule has 3 rings (SSSR count). The second kappa shape index (κ2) is 10.1. The molecule has 0 atom stereocenters. The molecule has 0 aliphatic rings. The lowest BCUT2D eigenvalue weighted by molar-refractivity contribution is -0.137. The first-order chi connectivity index (χ1) is 15.1. The second-order valence-corrected chi connectivity index (χ2v) is 7.85. The van der Waals surface area contributed by atoms with Gasteiger partial charge in [-0.05, 0) is 24.3 Å². The predicted octanol–water partition coefficient (Wildman–Crippen LogP) is 4.49. The standard InChI is InChI=1S/C18H14Cl2F3N7OS/c19-13-4-2-1-3-10(13)8-25-27-16-28-29-17(30(16)24)32-9-15(31)26-11-5-6-14(20)12(7-11)18(21,22)23/h1-8H,9,24H2,(H,26,31)(H,27,28)/b25-8+. The molecule has 1 amide bonds. The minimum absolute atomic E-state index is 0.0437. The molecule has 0 unspecified atom stereocenters. The van der Waals surface area contributed by atoms with Gasteiger partial charge in [-0.3, -0.25) is 4.79 Å². The van der Waals surface area contributed by atoms with Crippen molar-refractivity contribution in [3.63, 3.8) is 0 Å². The van der Waals surface area contributed by atoms with E-state index in [9.17, 15) is 18.0 Å². The molecule has 8 nitrogen and oxygen atoms in total. The van der Waals surface area contributed by atoms with Gasteiger partial charge in [0.25, 0.3) is 5.95 Å². The molecule has 1 heterocycles. The van der Waals surface area contributed by atoms with Crippen LogP contribution in [-0.2, 0) is 11.0 Å². The molecular formula is C18H14Cl2F3N7OS. The Morgan fingerprint density at radius 3 is 2.66 bits per heavy atom. The average Bonchev–Trinajstić information content (AvgIpc) is 3.08. The molecule has 0 aliphatic carbocycles. The van der Waals surface area contributed by atoms with Crippen LogP contribution in [0.1, 0.15) is 11.1 Å². The number of nitrogens with zero attached hydrogens (tertiary/aromatic N) is 4. The highest BCUT2D eigenvalue weighted by atomic mass is 35.5. The number of aromatic nitrogens is 3. The third-order valence-corrected chi connectivity index (χ3v) is 5.44. The van der Waals surface area contributed by atoms with Crippen molar-refractivity contribution in [2.45, 2.75) is 11.3 Å². The highest BCUT2D eigenvalue weighted by Crippen LogP contribution is 2.36. The molecule has 0 saturated carbocycles. The summed E-state index contributed by atoms with van der Waals surface area (Å²) in [5.41, 5.74) is 2.19. The van der Waals surface area contributed by atoms with Gasteiger partial charge in [0.2, 0.25) is 11.1 Å². The van der Waals surface area contributed by atoms with Crippen molar-refractivity contribution in [2.75, 3.05) is 22.3 Å². The molecular weight excluding hydrogens is 490 g/mol. The van der Waals surface area contributed by atoms with E-state index < -0.39 is 22.7 Å². The topological polar surface area (TPSA) is 110 Å². The summed E-state index contributed by atoms with van der Waals surface area (Å²) >= 11 is 12.5. The summed E-state index contributed by atoms with van der Waals surface area (Å²) in [6.07, 6.45) is -3.17. The molecule has 0 spiro atoms. The smallest absolute Gasteiger partial charge is 0.334 e. The number of halogens is 5. The number of carbonyl (C=O) groups is 1. The van der Waals surface area contributed by atoms with Gasteiger partial charge in [0.15, 0.2) is 0 Å². The lowest BCUT2D eigenvalue weighted by atomic mass is 10.2. The lowest BCUT2D eigenvalue weighted by Gasteiger charge is -2.11. The Labute approximate surface area is 193 Å². The Kier molecular flexibility index (Phi) is 7.48. The number of hydrogen-bond acceptors (Lipinski definition) is 7. The highest BCUT2D eigenvalue weighted by molar-refractivity contribution is 7.99. The fraction of sp³-hybridized carbons (Fsp3) is 0.111. The van der Waals surface area contributed by atoms with Gasteiger partial charge in [0.1, 0.15) is 0 Å². The van der Waals surface area contributed by atoms with Gasteiger partial charge in [0, 0.05) is 16.3 Å². The number of benzene rings is 2. The van der Waals surface area contributed by atoms with E-state index in [0.29, 0.717) is 10.6 Å². The van der Waals surface area contributed by atoms with E-state index in [1.165, 1.54) is 12.3 Å². The van der Waals surface area contributed by atoms with E-state index in [-0.39, 0.29) is 22.5 Å². The molecule has 14 heteroatoms. The zero-order chi connectivity index (χ0) is 23.3. The first-order valence-electron chi connectivity index (χ1n) is 8.68. The first-order valence-corrected chi connectivity index (χ1v) is 10.4. The molecule has 0 bridgehead atoms. The van der Waals surface area contributed by atoms with Crippen molar-refractivity contribution in [2.24, 2.45) is 5.10 Å². The minimum Gasteiger partial charge on any atom is -0.334 e. The number of nitrogens with one attached hydrogen (secondary N) is 2. The zero-order valence-corrected chi connectivity index (χ0v) is 18.2. The van der Waals surface area contributed by atoms with Crippen LogP contribution >= 0.6 is 35.0 Å². The fourth-order valence-corrected chi connectivity index (χ4v) is 3.40. The van der Waals surface area contributed by atoms with Crippen LogP contribution in [0.5, 0.6) is 0 Å². The van der Waals surface area contributed by atoms with Crippen molar-refractivity contribution < 1.29 is 18.0 Å². The van der Waals surface area contributed by atoms with Crippen LogP contribution in [0.15, 0.2) is 52.7 Å². The minimum atomic E-state index is -4.64. The Bertz CT molecular complexity index is 1150. The molecule has 0 saturated heterocycles.